The summed E-state index contributed by atoms with van der Waals surface area (Å²) in [7, 11) is 0. The van der Waals surface area contributed by atoms with Gasteiger partial charge in [-0.25, -0.2) is 0 Å². The summed E-state index contributed by atoms with van der Waals surface area (Å²) in [6.07, 6.45) is 0.0901. The lowest BCUT2D eigenvalue weighted by Crippen LogP contribution is -2.52. The Morgan fingerprint density at radius 1 is 1.23 bits per heavy atom. The predicted molar refractivity (Wildman–Crippen MR) is 99.9 cm³/mol. The second-order valence-electron chi connectivity index (χ2n) is 7.59. The van der Waals surface area contributed by atoms with E-state index in [1.54, 1.807) is 0 Å². The number of carbonyl (C=O) groups excluding carboxylic acids is 2. The van der Waals surface area contributed by atoms with Gasteiger partial charge < -0.3 is 20.5 Å². The predicted octanol–water partition coefficient (Wildman–Crippen LogP) is 1.98. The van der Waals surface area contributed by atoms with Crippen LogP contribution in [0.5, 0.6) is 0 Å². The third-order valence-corrected chi connectivity index (χ3v) is 4.62. The zero-order valence-electron chi connectivity index (χ0n) is 16.3. The van der Waals surface area contributed by atoms with Crippen molar-refractivity contribution >= 4 is 11.8 Å². The maximum absolute atomic E-state index is 12.8. The standard InChI is InChI=1S/C20H30N2O4/c1-11(2)8-16(18(23)21-15-6-7-26-20(15)25)22-19(24)17-13(4)9-12(3)10-14(17)5/h9-11,15-16,20,25H,6-8H2,1-5H3,(H,21,23)(H,22,24). The molecule has 6 nitrogen and oxygen atoms in total. The van der Waals surface area contributed by atoms with Gasteiger partial charge in [0.05, 0.1) is 12.6 Å². The van der Waals surface area contributed by atoms with Crippen LogP contribution in [-0.4, -0.2) is 41.9 Å². The molecule has 144 valence electrons. The van der Waals surface area contributed by atoms with Crippen LogP contribution in [0.15, 0.2) is 12.1 Å². The van der Waals surface area contributed by atoms with Crippen molar-refractivity contribution in [2.75, 3.05) is 6.61 Å². The van der Waals surface area contributed by atoms with E-state index in [-0.39, 0.29) is 17.7 Å². The average Bonchev–Trinajstić information content (AvgIpc) is 2.90. The lowest BCUT2D eigenvalue weighted by molar-refractivity contribution is -0.127. The Kier molecular flexibility index (Phi) is 6.78. The topological polar surface area (TPSA) is 87.7 Å². The molecule has 0 aliphatic carbocycles. The van der Waals surface area contributed by atoms with Crippen LogP contribution in [0.25, 0.3) is 0 Å². The minimum atomic E-state index is -0.990. The van der Waals surface area contributed by atoms with Gasteiger partial charge in [0, 0.05) is 5.56 Å². The van der Waals surface area contributed by atoms with E-state index < -0.39 is 18.4 Å². The normalized spacial score (nSPS) is 20.9. The van der Waals surface area contributed by atoms with Crippen LogP contribution in [0.4, 0.5) is 0 Å². The molecular formula is C20H30N2O4. The number of aliphatic hydroxyl groups is 1. The fraction of sp³-hybridized carbons (Fsp3) is 0.600. The lowest BCUT2D eigenvalue weighted by Gasteiger charge is -2.24. The molecule has 2 rings (SSSR count). The first-order valence-electron chi connectivity index (χ1n) is 9.17. The molecule has 3 N–H and O–H groups in total. The first kappa shape index (κ1) is 20.4. The Labute approximate surface area is 155 Å². The first-order chi connectivity index (χ1) is 12.2. The number of ether oxygens (including phenoxy) is 1. The molecular weight excluding hydrogens is 332 g/mol. The van der Waals surface area contributed by atoms with Crippen molar-refractivity contribution in [3.05, 3.63) is 34.4 Å². The molecule has 26 heavy (non-hydrogen) atoms. The minimum Gasteiger partial charge on any atom is -0.366 e. The van der Waals surface area contributed by atoms with Gasteiger partial charge in [-0.2, -0.15) is 0 Å². The molecule has 3 atom stereocenters. The molecule has 0 bridgehead atoms. The van der Waals surface area contributed by atoms with Crippen molar-refractivity contribution in [1.82, 2.24) is 10.6 Å². The molecule has 1 fully saturated rings. The zero-order valence-corrected chi connectivity index (χ0v) is 16.3. The van der Waals surface area contributed by atoms with E-state index >= 15 is 0 Å². The highest BCUT2D eigenvalue weighted by Gasteiger charge is 2.31. The van der Waals surface area contributed by atoms with E-state index in [0.717, 1.165) is 16.7 Å². The lowest BCUT2D eigenvalue weighted by atomic mass is 9.97. The number of amides is 2. The second-order valence-corrected chi connectivity index (χ2v) is 7.59. The Bertz CT molecular complexity index is 649. The van der Waals surface area contributed by atoms with Crippen LogP contribution < -0.4 is 10.6 Å². The summed E-state index contributed by atoms with van der Waals surface area (Å²) < 4.78 is 5.07. The summed E-state index contributed by atoms with van der Waals surface area (Å²) >= 11 is 0. The number of hydrogen-bond acceptors (Lipinski definition) is 4. The minimum absolute atomic E-state index is 0.232. The Balaban J connectivity index is 2.14. The summed E-state index contributed by atoms with van der Waals surface area (Å²) in [5.74, 6) is -0.302. The highest BCUT2D eigenvalue weighted by molar-refractivity contribution is 5.99. The van der Waals surface area contributed by atoms with E-state index in [4.69, 9.17) is 4.74 Å². The molecule has 0 radical (unpaired) electrons. The highest BCUT2D eigenvalue weighted by atomic mass is 16.6. The monoisotopic (exact) mass is 362 g/mol. The smallest absolute Gasteiger partial charge is 0.252 e. The Hall–Kier alpha value is -1.92. The molecule has 6 heteroatoms. The van der Waals surface area contributed by atoms with Crippen LogP contribution >= 0.6 is 0 Å². The Morgan fingerprint density at radius 3 is 2.35 bits per heavy atom. The van der Waals surface area contributed by atoms with Gasteiger partial charge in [-0.15, -0.1) is 0 Å². The second kappa shape index (κ2) is 8.64. The summed E-state index contributed by atoms with van der Waals surface area (Å²) in [5.41, 5.74) is 3.50. The van der Waals surface area contributed by atoms with Crippen molar-refractivity contribution in [3.8, 4) is 0 Å². The number of benzene rings is 1. The average molecular weight is 362 g/mol. The Morgan fingerprint density at radius 2 is 1.85 bits per heavy atom. The molecule has 1 aliphatic heterocycles. The van der Waals surface area contributed by atoms with Gasteiger partial charge >= 0.3 is 0 Å². The van der Waals surface area contributed by atoms with Gasteiger partial charge in [0.15, 0.2) is 6.29 Å². The maximum atomic E-state index is 12.8. The summed E-state index contributed by atoms with van der Waals surface area (Å²) in [4.78, 5) is 25.5. The zero-order chi connectivity index (χ0) is 19.4. The fourth-order valence-corrected chi connectivity index (χ4v) is 3.47. The molecule has 1 aliphatic rings. The number of hydrogen-bond donors (Lipinski definition) is 3. The van der Waals surface area contributed by atoms with Crippen LogP contribution in [0.3, 0.4) is 0 Å². The third kappa shape index (κ3) is 5.05. The molecule has 1 heterocycles. The van der Waals surface area contributed by atoms with E-state index in [2.05, 4.69) is 10.6 Å². The number of aliphatic hydroxyl groups excluding tert-OH is 1. The van der Waals surface area contributed by atoms with Crippen molar-refractivity contribution < 1.29 is 19.4 Å². The molecule has 2 amide bonds. The molecule has 1 saturated heterocycles. The SMILES string of the molecule is Cc1cc(C)c(C(=O)NC(CC(C)C)C(=O)NC2CCOC2O)c(C)c1. The van der Waals surface area contributed by atoms with Gasteiger partial charge in [-0.1, -0.05) is 31.5 Å². The van der Waals surface area contributed by atoms with E-state index in [1.165, 1.54) is 0 Å². The number of carbonyl (C=O) groups is 2. The molecule has 0 saturated carbocycles. The quantitative estimate of drug-likeness (QED) is 0.722. The summed E-state index contributed by atoms with van der Waals surface area (Å²) in [6.45, 7) is 10.2. The van der Waals surface area contributed by atoms with Gasteiger partial charge in [0.2, 0.25) is 5.91 Å². The van der Waals surface area contributed by atoms with Crippen molar-refractivity contribution in [1.29, 1.82) is 0 Å². The van der Waals surface area contributed by atoms with Gasteiger partial charge in [0.1, 0.15) is 6.04 Å². The largest absolute Gasteiger partial charge is 0.366 e. The van der Waals surface area contributed by atoms with Crippen molar-refractivity contribution in [2.24, 2.45) is 5.92 Å². The fourth-order valence-electron chi connectivity index (χ4n) is 3.47. The molecule has 1 aromatic carbocycles. The number of nitrogens with one attached hydrogen (secondary N) is 2. The molecule has 0 spiro atoms. The first-order valence-corrected chi connectivity index (χ1v) is 9.17. The molecule has 1 aromatic rings. The van der Waals surface area contributed by atoms with Crippen LogP contribution in [0.2, 0.25) is 0 Å². The summed E-state index contributed by atoms with van der Waals surface area (Å²) in [6, 6.07) is 2.84. The van der Waals surface area contributed by atoms with Gasteiger partial charge in [-0.3, -0.25) is 9.59 Å². The van der Waals surface area contributed by atoms with E-state index in [9.17, 15) is 14.7 Å². The van der Waals surface area contributed by atoms with E-state index in [1.807, 2.05) is 46.8 Å². The molecule has 3 unspecified atom stereocenters. The van der Waals surface area contributed by atoms with Crippen LogP contribution in [0, 0.1) is 26.7 Å². The number of rotatable bonds is 6. The van der Waals surface area contributed by atoms with Gasteiger partial charge in [-0.05, 0) is 50.7 Å². The van der Waals surface area contributed by atoms with Gasteiger partial charge in [0.25, 0.3) is 5.91 Å². The van der Waals surface area contributed by atoms with E-state index in [0.29, 0.717) is 25.0 Å². The highest BCUT2D eigenvalue weighted by Crippen LogP contribution is 2.18. The number of aryl methyl sites for hydroxylation is 3. The van der Waals surface area contributed by atoms with Crippen molar-refractivity contribution in [3.63, 3.8) is 0 Å². The van der Waals surface area contributed by atoms with Crippen LogP contribution in [-0.2, 0) is 9.53 Å². The maximum Gasteiger partial charge on any atom is 0.252 e. The van der Waals surface area contributed by atoms with Crippen molar-refractivity contribution in [2.45, 2.75) is 65.8 Å². The van der Waals surface area contributed by atoms with Crippen LogP contribution in [0.1, 0.15) is 53.7 Å². The third-order valence-electron chi connectivity index (χ3n) is 4.62. The molecule has 0 aromatic heterocycles. The summed E-state index contributed by atoms with van der Waals surface area (Å²) in [5, 5.41) is 15.4.